The summed E-state index contributed by atoms with van der Waals surface area (Å²) in [5.74, 6) is 0.173. The molecule has 5 nitrogen and oxygen atoms in total. The van der Waals surface area contributed by atoms with Crippen molar-refractivity contribution >= 4 is 23.4 Å². The normalized spacial score (nSPS) is 14.8. The van der Waals surface area contributed by atoms with Crippen LogP contribution in [-0.2, 0) is 16.1 Å². The lowest BCUT2D eigenvalue weighted by Crippen LogP contribution is -2.47. The van der Waals surface area contributed by atoms with Gasteiger partial charge in [-0.1, -0.05) is 87.4 Å². The number of hydrogen-bond acceptors (Lipinski definition) is 3. The molecule has 1 aliphatic carbocycles. The second kappa shape index (κ2) is 14.9. The average Bonchev–Trinajstić information content (AvgIpc) is 2.90. The Balaban J connectivity index is 1.83. The zero-order valence-electron chi connectivity index (χ0n) is 21.8. The number of alkyl halides is 1. The van der Waals surface area contributed by atoms with Crippen LogP contribution >= 0.6 is 11.6 Å². The highest BCUT2D eigenvalue weighted by atomic mass is 35.5. The molecule has 3 rings (SSSR count). The molecule has 0 heterocycles. The number of carbonyl (C=O) groups is 2. The topological polar surface area (TPSA) is 58.6 Å². The van der Waals surface area contributed by atoms with Crippen LogP contribution in [0.2, 0.25) is 0 Å². The first-order chi connectivity index (χ1) is 17.5. The number of ether oxygens (including phenoxy) is 1. The summed E-state index contributed by atoms with van der Waals surface area (Å²) in [6.07, 6.45) is 9.99. The minimum absolute atomic E-state index is 0.145. The van der Waals surface area contributed by atoms with Crippen molar-refractivity contribution in [3.63, 3.8) is 0 Å². The quantitative estimate of drug-likeness (QED) is 0.239. The fraction of sp³-hybridized carbons (Fsp3) is 0.533. The Morgan fingerprint density at radius 3 is 2.33 bits per heavy atom. The number of aryl methyl sites for hydroxylation is 1. The van der Waals surface area contributed by atoms with Gasteiger partial charge in [-0.2, -0.15) is 0 Å². The van der Waals surface area contributed by atoms with Gasteiger partial charge in [-0.25, -0.2) is 0 Å². The molecule has 1 fully saturated rings. The highest BCUT2D eigenvalue weighted by Crippen LogP contribution is 2.28. The van der Waals surface area contributed by atoms with E-state index in [2.05, 4.69) is 12.2 Å². The van der Waals surface area contributed by atoms with Crippen molar-refractivity contribution in [1.29, 1.82) is 0 Å². The number of nitrogens with zero attached hydrogens (tertiary/aromatic N) is 1. The predicted molar refractivity (Wildman–Crippen MR) is 146 cm³/mol. The van der Waals surface area contributed by atoms with E-state index in [0.29, 0.717) is 13.2 Å². The lowest BCUT2D eigenvalue weighted by molar-refractivity contribution is -0.140. The molecule has 0 saturated heterocycles. The van der Waals surface area contributed by atoms with Crippen LogP contribution in [0, 0.1) is 6.92 Å². The van der Waals surface area contributed by atoms with Gasteiger partial charge in [-0.3, -0.25) is 9.59 Å². The van der Waals surface area contributed by atoms with Gasteiger partial charge in [0.1, 0.15) is 17.7 Å². The molecule has 2 aromatic carbocycles. The van der Waals surface area contributed by atoms with Crippen LogP contribution in [0.15, 0.2) is 48.5 Å². The molecule has 1 saturated carbocycles. The van der Waals surface area contributed by atoms with E-state index in [9.17, 15) is 9.59 Å². The smallest absolute Gasteiger partial charge is 0.247 e. The summed E-state index contributed by atoms with van der Waals surface area (Å²) >= 11 is 6.04. The maximum absolute atomic E-state index is 13.7. The fourth-order valence-corrected chi connectivity index (χ4v) is 4.91. The molecule has 1 N–H and O–H groups in total. The lowest BCUT2D eigenvalue weighted by atomic mass is 9.94. The lowest BCUT2D eigenvalue weighted by Gasteiger charge is -2.33. The van der Waals surface area contributed by atoms with Crippen LogP contribution in [0.25, 0.3) is 0 Å². The monoisotopic (exact) mass is 512 g/mol. The van der Waals surface area contributed by atoms with E-state index in [0.717, 1.165) is 61.0 Å². The first-order valence-corrected chi connectivity index (χ1v) is 14.0. The maximum atomic E-state index is 13.7. The second-order valence-electron chi connectivity index (χ2n) is 9.87. The SMILES string of the molecule is CCCCCCOc1ccc([C@@H](C(=O)NC2CCCCC2)N(Cc2ccc(C)cc2)C(=O)CCl)cc1. The van der Waals surface area contributed by atoms with Crippen molar-refractivity contribution in [2.24, 2.45) is 0 Å². The molecule has 2 aromatic rings. The third kappa shape index (κ3) is 8.55. The molecule has 0 aromatic heterocycles. The molecule has 6 heteroatoms. The van der Waals surface area contributed by atoms with Crippen LogP contribution in [0.5, 0.6) is 5.75 Å². The largest absolute Gasteiger partial charge is 0.494 e. The van der Waals surface area contributed by atoms with Crippen molar-refractivity contribution in [2.45, 2.75) is 90.3 Å². The number of hydrogen-bond donors (Lipinski definition) is 1. The molecular weight excluding hydrogens is 472 g/mol. The van der Waals surface area contributed by atoms with Crippen LogP contribution in [0.3, 0.4) is 0 Å². The van der Waals surface area contributed by atoms with Crippen LogP contribution in [-0.4, -0.2) is 35.2 Å². The van der Waals surface area contributed by atoms with E-state index in [4.69, 9.17) is 16.3 Å². The molecule has 0 aliphatic heterocycles. The zero-order chi connectivity index (χ0) is 25.8. The number of amides is 2. The summed E-state index contributed by atoms with van der Waals surface area (Å²) < 4.78 is 5.90. The maximum Gasteiger partial charge on any atom is 0.247 e. The van der Waals surface area contributed by atoms with Crippen LogP contribution < -0.4 is 10.1 Å². The Labute approximate surface area is 221 Å². The molecule has 0 spiro atoms. The highest BCUT2D eigenvalue weighted by Gasteiger charge is 2.32. The number of unbranched alkanes of at least 4 members (excludes halogenated alkanes) is 3. The summed E-state index contributed by atoms with van der Waals surface area (Å²) in [5, 5.41) is 3.23. The molecule has 0 radical (unpaired) electrons. The van der Waals surface area contributed by atoms with Gasteiger partial charge in [0, 0.05) is 12.6 Å². The van der Waals surface area contributed by atoms with Crippen molar-refractivity contribution in [3.05, 3.63) is 65.2 Å². The van der Waals surface area contributed by atoms with Crippen molar-refractivity contribution in [2.75, 3.05) is 12.5 Å². The van der Waals surface area contributed by atoms with Crippen LogP contribution in [0.1, 0.15) is 87.4 Å². The zero-order valence-corrected chi connectivity index (χ0v) is 22.6. The Morgan fingerprint density at radius 1 is 1.00 bits per heavy atom. The highest BCUT2D eigenvalue weighted by molar-refractivity contribution is 6.27. The molecule has 0 unspecified atom stereocenters. The summed E-state index contributed by atoms with van der Waals surface area (Å²) in [6.45, 7) is 5.20. The predicted octanol–water partition coefficient (Wildman–Crippen LogP) is 6.71. The third-order valence-electron chi connectivity index (χ3n) is 6.88. The van der Waals surface area contributed by atoms with Gasteiger partial charge in [0.05, 0.1) is 6.61 Å². The van der Waals surface area contributed by atoms with Gasteiger partial charge in [0.2, 0.25) is 11.8 Å². The summed E-state index contributed by atoms with van der Waals surface area (Å²) in [7, 11) is 0. The van der Waals surface area contributed by atoms with Gasteiger partial charge < -0.3 is 15.0 Å². The standard InChI is InChI=1S/C30H41ClN2O3/c1-3-4-5-9-20-36-27-18-16-25(17-19-27)29(30(35)32-26-10-7-6-8-11-26)33(28(34)21-31)22-24-14-12-23(2)13-15-24/h12-19,26,29H,3-11,20-22H2,1-2H3,(H,32,35)/t29-/m0/s1. The van der Waals surface area contributed by atoms with Crippen LogP contribution in [0.4, 0.5) is 0 Å². The minimum atomic E-state index is -0.766. The first kappa shape index (κ1) is 28.0. The van der Waals surface area contributed by atoms with E-state index >= 15 is 0 Å². The summed E-state index contributed by atoms with van der Waals surface area (Å²) in [5.41, 5.74) is 2.86. The molecule has 0 bridgehead atoms. The number of benzene rings is 2. The molecule has 36 heavy (non-hydrogen) atoms. The van der Waals surface area contributed by atoms with E-state index in [1.165, 1.54) is 19.3 Å². The molecule has 196 valence electrons. The fourth-order valence-electron chi connectivity index (χ4n) is 4.76. The molecule has 1 atom stereocenters. The Kier molecular flexibility index (Phi) is 11.6. The Hall–Kier alpha value is -2.53. The van der Waals surface area contributed by atoms with Crippen molar-refractivity contribution in [3.8, 4) is 5.75 Å². The van der Waals surface area contributed by atoms with E-state index in [1.54, 1.807) is 4.90 Å². The summed E-state index contributed by atoms with van der Waals surface area (Å²) in [4.78, 5) is 28.4. The van der Waals surface area contributed by atoms with E-state index in [-0.39, 0.29) is 23.7 Å². The van der Waals surface area contributed by atoms with Gasteiger partial charge in [0.25, 0.3) is 0 Å². The second-order valence-corrected chi connectivity index (χ2v) is 10.1. The van der Waals surface area contributed by atoms with E-state index in [1.807, 2.05) is 55.5 Å². The Bertz CT molecular complexity index is 940. The molecule has 1 aliphatic rings. The molecular formula is C30H41ClN2O3. The number of carbonyl (C=O) groups excluding carboxylic acids is 2. The number of halogens is 1. The average molecular weight is 513 g/mol. The first-order valence-electron chi connectivity index (χ1n) is 13.5. The molecule has 2 amide bonds. The third-order valence-corrected chi connectivity index (χ3v) is 7.11. The van der Waals surface area contributed by atoms with Crippen molar-refractivity contribution < 1.29 is 14.3 Å². The van der Waals surface area contributed by atoms with Gasteiger partial charge in [-0.05, 0) is 49.4 Å². The number of nitrogens with one attached hydrogen (secondary N) is 1. The summed E-state index contributed by atoms with van der Waals surface area (Å²) in [6, 6.07) is 15.0. The van der Waals surface area contributed by atoms with E-state index < -0.39 is 6.04 Å². The van der Waals surface area contributed by atoms with Gasteiger partial charge in [-0.15, -0.1) is 11.6 Å². The van der Waals surface area contributed by atoms with Gasteiger partial charge in [0.15, 0.2) is 0 Å². The van der Waals surface area contributed by atoms with Crippen molar-refractivity contribution in [1.82, 2.24) is 10.2 Å². The Morgan fingerprint density at radius 2 is 1.69 bits per heavy atom. The van der Waals surface area contributed by atoms with Gasteiger partial charge >= 0.3 is 0 Å². The number of rotatable bonds is 13. The minimum Gasteiger partial charge on any atom is -0.494 e.